The first-order valence-corrected chi connectivity index (χ1v) is 7.46. The standard InChI is InChI=1S/C9H16N4O4S/c1-3-6-18(15,16)7-5-13-8(10-11-12-13)9(14)17-4-2/h3-7H2,1-2H3. The van der Waals surface area contributed by atoms with Gasteiger partial charge < -0.3 is 4.74 Å². The molecule has 1 rings (SSSR count). The van der Waals surface area contributed by atoms with Crippen molar-refractivity contribution in [3.05, 3.63) is 5.82 Å². The number of hydrogen-bond donors (Lipinski definition) is 0. The lowest BCUT2D eigenvalue weighted by Crippen LogP contribution is -2.20. The third kappa shape index (κ3) is 4.06. The van der Waals surface area contributed by atoms with Gasteiger partial charge in [0, 0.05) is 5.75 Å². The number of rotatable bonds is 7. The average Bonchev–Trinajstić information content (AvgIpc) is 2.75. The van der Waals surface area contributed by atoms with E-state index in [1.807, 2.05) is 0 Å². The number of hydrogen-bond acceptors (Lipinski definition) is 7. The Morgan fingerprint density at radius 1 is 1.33 bits per heavy atom. The molecule has 0 saturated carbocycles. The fraction of sp³-hybridized carbons (Fsp3) is 0.778. The van der Waals surface area contributed by atoms with Gasteiger partial charge in [-0.25, -0.2) is 17.9 Å². The summed E-state index contributed by atoms with van der Waals surface area (Å²) in [6, 6.07) is 0. The van der Waals surface area contributed by atoms with E-state index in [9.17, 15) is 13.2 Å². The summed E-state index contributed by atoms with van der Waals surface area (Å²) >= 11 is 0. The molecule has 0 spiro atoms. The van der Waals surface area contributed by atoms with Crippen molar-refractivity contribution in [2.24, 2.45) is 0 Å². The summed E-state index contributed by atoms with van der Waals surface area (Å²) in [4.78, 5) is 11.4. The lowest BCUT2D eigenvalue weighted by atomic mass is 10.6. The molecule has 1 aromatic rings. The highest BCUT2D eigenvalue weighted by atomic mass is 32.2. The summed E-state index contributed by atoms with van der Waals surface area (Å²) in [6.07, 6.45) is 0.558. The minimum Gasteiger partial charge on any atom is -0.460 e. The van der Waals surface area contributed by atoms with Gasteiger partial charge in [0.15, 0.2) is 9.84 Å². The fourth-order valence-electron chi connectivity index (χ4n) is 1.34. The highest BCUT2D eigenvalue weighted by Crippen LogP contribution is 1.99. The van der Waals surface area contributed by atoms with Crippen LogP contribution in [-0.2, 0) is 21.1 Å². The van der Waals surface area contributed by atoms with Gasteiger partial charge in [0.05, 0.1) is 18.9 Å². The molecule has 102 valence electrons. The van der Waals surface area contributed by atoms with E-state index in [4.69, 9.17) is 4.74 Å². The minimum atomic E-state index is -3.13. The Bertz CT molecular complexity index is 496. The summed E-state index contributed by atoms with van der Waals surface area (Å²) in [7, 11) is -3.13. The summed E-state index contributed by atoms with van der Waals surface area (Å²) in [5.74, 6) is -0.721. The maximum Gasteiger partial charge on any atom is 0.378 e. The summed E-state index contributed by atoms with van der Waals surface area (Å²) in [5, 5.41) is 10.4. The van der Waals surface area contributed by atoms with Crippen molar-refractivity contribution in [2.45, 2.75) is 26.8 Å². The second kappa shape index (κ2) is 6.43. The summed E-state index contributed by atoms with van der Waals surface area (Å²) in [5.41, 5.74) is 0. The minimum absolute atomic E-state index is 0.0451. The van der Waals surface area contributed by atoms with Crippen molar-refractivity contribution in [2.75, 3.05) is 18.1 Å². The number of tetrazole rings is 1. The van der Waals surface area contributed by atoms with Crippen LogP contribution in [0.2, 0.25) is 0 Å². The average molecular weight is 276 g/mol. The molecular formula is C9H16N4O4S. The maximum atomic E-state index is 11.5. The van der Waals surface area contributed by atoms with Gasteiger partial charge in [-0.15, -0.1) is 5.10 Å². The van der Waals surface area contributed by atoms with Gasteiger partial charge in [0.25, 0.3) is 5.82 Å². The quantitative estimate of drug-likeness (QED) is 0.628. The Morgan fingerprint density at radius 2 is 2.06 bits per heavy atom. The second-order valence-electron chi connectivity index (χ2n) is 3.60. The molecule has 0 radical (unpaired) electrons. The molecule has 9 heteroatoms. The smallest absolute Gasteiger partial charge is 0.378 e. The predicted octanol–water partition coefficient (Wildman–Crippen LogP) is -0.325. The number of esters is 1. The van der Waals surface area contributed by atoms with Crippen LogP contribution in [0.5, 0.6) is 0 Å². The van der Waals surface area contributed by atoms with E-state index in [-0.39, 0.29) is 30.5 Å². The van der Waals surface area contributed by atoms with E-state index in [0.717, 1.165) is 4.68 Å². The topological polar surface area (TPSA) is 104 Å². The molecule has 0 N–H and O–H groups in total. The highest BCUT2D eigenvalue weighted by molar-refractivity contribution is 7.91. The Kier molecular flexibility index (Phi) is 5.20. The number of carbonyl (C=O) groups is 1. The predicted molar refractivity (Wildman–Crippen MR) is 62.7 cm³/mol. The van der Waals surface area contributed by atoms with Crippen molar-refractivity contribution < 1.29 is 17.9 Å². The monoisotopic (exact) mass is 276 g/mol. The largest absolute Gasteiger partial charge is 0.460 e. The molecular weight excluding hydrogens is 260 g/mol. The SMILES string of the molecule is CCCS(=O)(=O)CCn1nnnc1C(=O)OCC. The Balaban J connectivity index is 2.69. The molecule has 8 nitrogen and oxygen atoms in total. The fourth-order valence-corrected chi connectivity index (χ4v) is 2.61. The van der Waals surface area contributed by atoms with Crippen LogP contribution in [0.4, 0.5) is 0 Å². The van der Waals surface area contributed by atoms with E-state index in [1.54, 1.807) is 13.8 Å². The molecule has 0 aromatic carbocycles. The molecule has 0 atom stereocenters. The molecule has 1 heterocycles. The first-order valence-electron chi connectivity index (χ1n) is 5.64. The molecule has 0 aliphatic heterocycles. The van der Waals surface area contributed by atoms with Crippen molar-refractivity contribution in [3.63, 3.8) is 0 Å². The van der Waals surface area contributed by atoms with Crippen molar-refractivity contribution in [1.29, 1.82) is 0 Å². The molecule has 0 saturated heterocycles. The first kappa shape index (κ1) is 14.6. The summed E-state index contributed by atoms with van der Waals surface area (Å²) in [6.45, 7) is 3.71. The number of nitrogens with zero attached hydrogens (tertiary/aromatic N) is 4. The van der Waals surface area contributed by atoms with E-state index >= 15 is 0 Å². The van der Waals surface area contributed by atoms with Gasteiger partial charge in [-0.1, -0.05) is 6.92 Å². The Hall–Kier alpha value is -1.51. The molecule has 18 heavy (non-hydrogen) atoms. The second-order valence-corrected chi connectivity index (χ2v) is 5.90. The van der Waals surface area contributed by atoms with Gasteiger partial charge in [0.1, 0.15) is 0 Å². The zero-order valence-electron chi connectivity index (χ0n) is 10.4. The normalized spacial score (nSPS) is 11.4. The van der Waals surface area contributed by atoms with Crippen molar-refractivity contribution in [1.82, 2.24) is 20.2 Å². The van der Waals surface area contributed by atoms with Gasteiger partial charge in [-0.05, 0) is 23.8 Å². The molecule has 0 amide bonds. The Morgan fingerprint density at radius 3 is 2.67 bits per heavy atom. The van der Waals surface area contributed by atoms with Crippen LogP contribution >= 0.6 is 0 Å². The number of aromatic nitrogens is 4. The van der Waals surface area contributed by atoms with E-state index < -0.39 is 15.8 Å². The highest BCUT2D eigenvalue weighted by Gasteiger charge is 2.18. The molecule has 0 fully saturated rings. The van der Waals surface area contributed by atoms with Gasteiger partial charge in [-0.2, -0.15) is 0 Å². The molecule has 0 aliphatic carbocycles. The lowest BCUT2D eigenvalue weighted by Gasteiger charge is -2.04. The number of aryl methyl sites for hydroxylation is 1. The van der Waals surface area contributed by atoms with Crippen LogP contribution in [-0.4, -0.2) is 52.7 Å². The Labute approximate surface area is 105 Å². The number of carbonyl (C=O) groups excluding carboxylic acids is 1. The maximum absolute atomic E-state index is 11.5. The number of sulfone groups is 1. The molecule has 0 bridgehead atoms. The third-order valence-corrected chi connectivity index (χ3v) is 3.95. The zero-order valence-corrected chi connectivity index (χ0v) is 11.2. The van der Waals surface area contributed by atoms with Crippen LogP contribution < -0.4 is 0 Å². The van der Waals surface area contributed by atoms with Crippen molar-refractivity contribution >= 4 is 15.8 Å². The van der Waals surface area contributed by atoms with Crippen LogP contribution in [0.3, 0.4) is 0 Å². The molecule has 1 aromatic heterocycles. The number of ether oxygens (including phenoxy) is 1. The van der Waals surface area contributed by atoms with Crippen LogP contribution in [0.15, 0.2) is 0 Å². The van der Waals surface area contributed by atoms with E-state index in [1.165, 1.54) is 0 Å². The zero-order chi connectivity index (χ0) is 13.6. The molecule has 0 aliphatic rings. The third-order valence-electron chi connectivity index (χ3n) is 2.12. The molecule has 0 unspecified atom stereocenters. The van der Waals surface area contributed by atoms with E-state index in [2.05, 4.69) is 15.5 Å². The van der Waals surface area contributed by atoms with Crippen LogP contribution in [0, 0.1) is 0 Å². The van der Waals surface area contributed by atoms with Gasteiger partial charge in [-0.3, -0.25) is 0 Å². The van der Waals surface area contributed by atoms with Gasteiger partial charge >= 0.3 is 5.97 Å². The summed E-state index contributed by atoms with van der Waals surface area (Å²) < 4.78 is 29.0. The van der Waals surface area contributed by atoms with Gasteiger partial charge in [0.2, 0.25) is 0 Å². The lowest BCUT2D eigenvalue weighted by molar-refractivity contribution is 0.0504. The van der Waals surface area contributed by atoms with Crippen LogP contribution in [0.25, 0.3) is 0 Å². The van der Waals surface area contributed by atoms with Crippen molar-refractivity contribution in [3.8, 4) is 0 Å². The van der Waals surface area contributed by atoms with E-state index in [0.29, 0.717) is 6.42 Å². The van der Waals surface area contributed by atoms with Crippen LogP contribution in [0.1, 0.15) is 30.9 Å². The first-order chi connectivity index (χ1) is 8.50.